The molecule has 3 aromatic rings. The number of H-pyrrole nitrogens is 1. The van der Waals surface area contributed by atoms with Gasteiger partial charge in [0, 0.05) is 21.7 Å². The van der Waals surface area contributed by atoms with Gasteiger partial charge in [-0.3, -0.25) is 4.79 Å². The Morgan fingerprint density at radius 1 is 1.00 bits per heavy atom. The number of Topliss-reactive ketones (excluding diaryl/α,β-unsaturated/α-hetero) is 1. The van der Waals surface area contributed by atoms with Gasteiger partial charge in [0.25, 0.3) is 0 Å². The van der Waals surface area contributed by atoms with Crippen molar-refractivity contribution >= 4 is 34.5 Å². The van der Waals surface area contributed by atoms with Gasteiger partial charge in [0.2, 0.25) is 5.78 Å². The minimum atomic E-state index is 0.115. The van der Waals surface area contributed by atoms with Crippen molar-refractivity contribution in [1.82, 2.24) is 4.98 Å². The molecular formula is C17H11NOS. The molecule has 0 atom stereocenters. The Hall–Kier alpha value is -2.26. The van der Waals surface area contributed by atoms with E-state index in [1.54, 1.807) is 11.8 Å². The molecule has 0 spiro atoms. The van der Waals surface area contributed by atoms with Gasteiger partial charge < -0.3 is 4.98 Å². The number of aromatic nitrogens is 1. The van der Waals surface area contributed by atoms with E-state index in [-0.39, 0.29) is 5.78 Å². The van der Waals surface area contributed by atoms with Crippen LogP contribution in [0.4, 0.5) is 0 Å². The fourth-order valence-electron chi connectivity index (χ4n) is 2.45. The molecule has 1 aromatic heterocycles. The summed E-state index contributed by atoms with van der Waals surface area (Å²) in [5.74, 6) is 0.115. The lowest BCUT2D eigenvalue weighted by molar-refractivity contribution is 0.104. The smallest absolute Gasteiger partial charge is 0.200 e. The molecule has 3 heteroatoms. The number of para-hydroxylation sites is 1. The first-order valence-electron chi connectivity index (χ1n) is 6.42. The molecule has 2 aromatic carbocycles. The van der Waals surface area contributed by atoms with Crippen LogP contribution in [0.3, 0.4) is 0 Å². The van der Waals surface area contributed by atoms with Gasteiger partial charge in [0.1, 0.15) is 0 Å². The number of rotatable bonds is 1. The number of thioether (sulfide) groups is 1. The summed E-state index contributed by atoms with van der Waals surface area (Å²) in [6, 6.07) is 17.9. The lowest BCUT2D eigenvalue weighted by atomic mass is 10.1. The molecular weight excluding hydrogens is 266 g/mol. The van der Waals surface area contributed by atoms with Crippen molar-refractivity contribution in [1.29, 1.82) is 0 Å². The number of hydrogen-bond acceptors (Lipinski definition) is 2. The number of aromatic amines is 1. The average Bonchev–Trinajstić information content (AvgIpc) is 3.01. The van der Waals surface area contributed by atoms with Crippen LogP contribution in [-0.2, 0) is 0 Å². The number of carbonyl (C=O) groups excluding carboxylic acids is 1. The summed E-state index contributed by atoms with van der Waals surface area (Å²) in [7, 11) is 0. The van der Waals surface area contributed by atoms with E-state index in [2.05, 4.69) is 17.1 Å². The number of benzene rings is 2. The molecule has 0 amide bonds. The van der Waals surface area contributed by atoms with Crippen LogP contribution in [0, 0.1) is 0 Å². The van der Waals surface area contributed by atoms with Gasteiger partial charge in [-0.1, -0.05) is 42.1 Å². The number of fused-ring (bicyclic) bond motifs is 2. The zero-order chi connectivity index (χ0) is 13.5. The Bertz CT molecular complexity index is 827. The van der Waals surface area contributed by atoms with Crippen LogP contribution < -0.4 is 0 Å². The summed E-state index contributed by atoms with van der Waals surface area (Å²) in [5.41, 5.74) is 2.86. The molecule has 0 saturated heterocycles. The van der Waals surface area contributed by atoms with E-state index >= 15 is 0 Å². The summed E-state index contributed by atoms with van der Waals surface area (Å²) in [5, 5.41) is 1.16. The van der Waals surface area contributed by atoms with E-state index in [4.69, 9.17) is 0 Å². The molecule has 4 rings (SSSR count). The summed E-state index contributed by atoms with van der Waals surface area (Å²) < 4.78 is 0. The lowest BCUT2D eigenvalue weighted by Crippen LogP contribution is -1.93. The largest absolute Gasteiger partial charge is 0.355 e. The van der Waals surface area contributed by atoms with Gasteiger partial charge >= 0.3 is 0 Å². The van der Waals surface area contributed by atoms with Crippen LogP contribution in [0.25, 0.3) is 17.0 Å². The van der Waals surface area contributed by atoms with Gasteiger partial charge in [0.15, 0.2) is 0 Å². The lowest BCUT2D eigenvalue weighted by Gasteiger charge is -1.92. The highest BCUT2D eigenvalue weighted by molar-refractivity contribution is 8.04. The fourth-order valence-corrected chi connectivity index (χ4v) is 3.49. The predicted molar refractivity (Wildman–Crippen MR) is 82.9 cm³/mol. The Balaban J connectivity index is 1.77. The number of hydrogen-bond donors (Lipinski definition) is 1. The second-order valence-electron chi connectivity index (χ2n) is 4.75. The van der Waals surface area contributed by atoms with Crippen molar-refractivity contribution in [2.24, 2.45) is 0 Å². The summed E-state index contributed by atoms with van der Waals surface area (Å²) >= 11 is 1.54. The van der Waals surface area contributed by atoms with Gasteiger partial charge in [-0.25, -0.2) is 0 Å². The molecule has 1 aliphatic heterocycles. The molecule has 0 unspecified atom stereocenters. The third-order valence-electron chi connectivity index (χ3n) is 3.41. The maximum Gasteiger partial charge on any atom is 0.200 e. The first kappa shape index (κ1) is 11.6. The molecule has 0 radical (unpaired) electrons. The maximum absolute atomic E-state index is 12.3. The predicted octanol–water partition coefficient (Wildman–Crippen LogP) is 4.50. The van der Waals surface area contributed by atoms with Crippen molar-refractivity contribution in [2.75, 3.05) is 0 Å². The molecule has 0 bridgehead atoms. The van der Waals surface area contributed by atoms with Gasteiger partial charge in [-0.05, 0) is 35.7 Å². The Labute approximate surface area is 120 Å². The van der Waals surface area contributed by atoms with E-state index in [0.29, 0.717) is 0 Å². The van der Waals surface area contributed by atoms with Gasteiger partial charge in [-0.15, -0.1) is 0 Å². The molecule has 96 valence electrons. The Morgan fingerprint density at radius 2 is 1.80 bits per heavy atom. The molecule has 1 aliphatic rings. The SMILES string of the molecule is O=C1/C(=C\c2cc3ccccc3[nH]2)Sc2ccccc21. The quantitative estimate of drug-likeness (QED) is 0.664. The van der Waals surface area contributed by atoms with E-state index in [1.165, 1.54) is 0 Å². The standard InChI is InChI=1S/C17H11NOS/c19-17-13-6-2-4-8-15(13)20-16(17)10-12-9-11-5-1-3-7-14(11)18-12/h1-10,18H/b16-10+. The zero-order valence-corrected chi connectivity index (χ0v) is 11.4. The van der Waals surface area contributed by atoms with Crippen molar-refractivity contribution < 1.29 is 4.79 Å². The second kappa shape index (κ2) is 4.39. The summed E-state index contributed by atoms with van der Waals surface area (Å²) in [6.07, 6.45) is 1.94. The van der Waals surface area contributed by atoms with Crippen molar-refractivity contribution in [3.8, 4) is 0 Å². The van der Waals surface area contributed by atoms with E-state index < -0.39 is 0 Å². The molecule has 1 N–H and O–H groups in total. The zero-order valence-electron chi connectivity index (χ0n) is 10.6. The molecule has 0 aliphatic carbocycles. The summed E-state index contributed by atoms with van der Waals surface area (Å²) in [4.78, 5) is 17.5. The molecule has 0 fully saturated rings. The first-order chi connectivity index (χ1) is 9.81. The third kappa shape index (κ3) is 1.79. The van der Waals surface area contributed by atoms with Crippen LogP contribution in [0.5, 0.6) is 0 Å². The highest BCUT2D eigenvalue weighted by atomic mass is 32.2. The van der Waals surface area contributed by atoms with Crippen LogP contribution in [0.1, 0.15) is 16.1 Å². The number of ketones is 1. The van der Waals surface area contributed by atoms with E-state index in [9.17, 15) is 4.79 Å². The highest BCUT2D eigenvalue weighted by Gasteiger charge is 2.25. The molecule has 20 heavy (non-hydrogen) atoms. The minimum absolute atomic E-state index is 0.115. The normalized spacial score (nSPS) is 16.0. The van der Waals surface area contributed by atoms with Gasteiger partial charge in [0.05, 0.1) is 4.91 Å². The van der Waals surface area contributed by atoms with E-state index in [1.807, 2.05) is 48.5 Å². The summed E-state index contributed by atoms with van der Waals surface area (Å²) in [6.45, 7) is 0. The third-order valence-corrected chi connectivity index (χ3v) is 4.51. The highest BCUT2D eigenvalue weighted by Crippen LogP contribution is 2.40. The Kier molecular flexibility index (Phi) is 2.54. The molecule has 2 nitrogen and oxygen atoms in total. The monoisotopic (exact) mass is 277 g/mol. The number of nitrogens with one attached hydrogen (secondary N) is 1. The number of carbonyl (C=O) groups is 1. The average molecular weight is 277 g/mol. The molecule has 0 saturated carbocycles. The minimum Gasteiger partial charge on any atom is -0.355 e. The van der Waals surface area contributed by atoms with Crippen molar-refractivity contribution in [3.05, 3.63) is 70.8 Å². The van der Waals surface area contributed by atoms with Crippen molar-refractivity contribution in [3.63, 3.8) is 0 Å². The van der Waals surface area contributed by atoms with Crippen molar-refractivity contribution in [2.45, 2.75) is 4.90 Å². The van der Waals surface area contributed by atoms with Crippen LogP contribution >= 0.6 is 11.8 Å². The van der Waals surface area contributed by atoms with Gasteiger partial charge in [-0.2, -0.15) is 0 Å². The van der Waals surface area contributed by atoms with Crippen LogP contribution in [-0.4, -0.2) is 10.8 Å². The fraction of sp³-hybridized carbons (Fsp3) is 0. The Morgan fingerprint density at radius 3 is 2.65 bits per heavy atom. The van der Waals surface area contributed by atoms with Crippen LogP contribution in [0.15, 0.2) is 64.4 Å². The molecule has 2 heterocycles. The number of allylic oxidation sites excluding steroid dienone is 1. The maximum atomic E-state index is 12.3. The second-order valence-corrected chi connectivity index (χ2v) is 5.83. The van der Waals surface area contributed by atoms with E-state index in [0.717, 1.165) is 32.0 Å². The first-order valence-corrected chi connectivity index (χ1v) is 7.24. The van der Waals surface area contributed by atoms with Crippen LogP contribution in [0.2, 0.25) is 0 Å². The topological polar surface area (TPSA) is 32.9 Å².